The van der Waals surface area contributed by atoms with Crippen molar-refractivity contribution in [3.63, 3.8) is 0 Å². The van der Waals surface area contributed by atoms with E-state index in [1.165, 1.54) is 10.8 Å². The third kappa shape index (κ3) is 1.50. The third-order valence-electron chi connectivity index (χ3n) is 3.49. The number of H-pyrrole nitrogens is 1. The fourth-order valence-electron chi connectivity index (χ4n) is 2.55. The van der Waals surface area contributed by atoms with E-state index in [2.05, 4.69) is 22.5 Å². The molecule has 0 atom stereocenters. The Labute approximate surface area is 117 Å². The second kappa shape index (κ2) is 3.98. The van der Waals surface area contributed by atoms with Gasteiger partial charge in [-0.05, 0) is 12.1 Å². The minimum atomic E-state index is -0.358. The van der Waals surface area contributed by atoms with Gasteiger partial charge in [0.25, 0.3) is 5.69 Å². The number of aromatic amines is 1. The van der Waals surface area contributed by atoms with Crippen LogP contribution in [0.4, 0.5) is 5.69 Å². The van der Waals surface area contributed by atoms with E-state index in [0.29, 0.717) is 0 Å². The topological polar surface area (TPSA) is 57.3 Å². The molecule has 2 aromatic carbocycles. The number of hydrogen-bond donors (Lipinski definition) is 0. The monoisotopic (exact) mass is 281 g/mol. The van der Waals surface area contributed by atoms with Crippen molar-refractivity contribution < 1.29 is 9.91 Å². The molecule has 0 fully saturated rings. The lowest BCUT2D eigenvalue weighted by molar-refractivity contribution is -0.384. The number of hydrogen-bond acceptors (Lipinski definition) is 3. The van der Waals surface area contributed by atoms with Crippen LogP contribution < -0.4 is 4.98 Å². The van der Waals surface area contributed by atoms with Crippen molar-refractivity contribution in [2.75, 3.05) is 0 Å². The Morgan fingerprint density at radius 3 is 2.80 bits per heavy atom. The van der Waals surface area contributed by atoms with E-state index in [4.69, 9.17) is 0 Å². The molecular formula is C15H9N2O2S+. The maximum Gasteiger partial charge on any atom is 0.270 e. The van der Waals surface area contributed by atoms with Crippen LogP contribution in [0.15, 0.2) is 47.8 Å². The van der Waals surface area contributed by atoms with E-state index in [1.54, 1.807) is 23.5 Å². The highest BCUT2D eigenvalue weighted by atomic mass is 32.1. The lowest BCUT2D eigenvalue weighted by Gasteiger charge is -1.98. The maximum absolute atomic E-state index is 10.9. The first-order valence-electron chi connectivity index (χ1n) is 6.13. The largest absolute Gasteiger partial charge is 0.270 e. The lowest BCUT2D eigenvalue weighted by Crippen LogP contribution is -2.00. The normalized spacial score (nSPS) is 11.4. The average Bonchev–Trinajstić information content (AvgIpc) is 2.85. The van der Waals surface area contributed by atoms with Crippen molar-refractivity contribution in [2.45, 2.75) is 0 Å². The third-order valence-corrected chi connectivity index (χ3v) is 4.46. The minimum Gasteiger partial charge on any atom is -0.258 e. The number of benzene rings is 2. The predicted molar refractivity (Wildman–Crippen MR) is 79.2 cm³/mol. The lowest BCUT2D eigenvalue weighted by atomic mass is 10.1. The second-order valence-electron chi connectivity index (χ2n) is 4.63. The summed E-state index contributed by atoms with van der Waals surface area (Å²) in [5, 5.41) is 15.0. The van der Waals surface area contributed by atoms with E-state index < -0.39 is 0 Å². The van der Waals surface area contributed by atoms with Crippen LogP contribution in [0, 0.1) is 10.1 Å². The predicted octanol–water partition coefficient (Wildman–Crippen LogP) is 3.88. The summed E-state index contributed by atoms with van der Waals surface area (Å²) in [4.78, 5) is 13.9. The van der Waals surface area contributed by atoms with Crippen LogP contribution in [0.1, 0.15) is 0 Å². The standard InChI is InChI=1S/C15H8N2O2S/c18-17(19)9-5-6-13-11(7-9)12-8-20-14-4-2-1-3-10(14)15(12)16-13/h1-8H/p+1. The van der Waals surface area contributed by atoms with Gasteiger partial charge < -0.3 is 0 Å². The molecule has 2 aliphatic rings. The van der Waals surface area contributed by atoms with E-state index >= 15 is 0 Å². The van der Waals surface area contributed by atoms with Gasteiger partial charge in [-0.25, -0.2) is 4.98 Å². The first kappa shape index (κ1) is 11.3. The number of nitrogens with zero attached hydrogens (tertiary/aromatic N) is 1. The minimum absolute atomic E-state index is 0.122. The molecule has 2 aliphatic heterocycles. The molecule has 0 saturated heterocycles. The van der Waals surface area contributed by atoms with Crippen molar-refractivity contribution in [1.82, 2.24) is 0 Å². The summed E-state index contributed by atoms with van der Waals surface area (Å²) in [5.74, 6) is 0. The summed E-state index contributed by atoms with van der Waals surface area (Å²) >= 11 is 1.65. The van der Waals surface area contributed by atoms with Crippen LogP contribution in [0.25, 0.3) is 32.2 Å². The maximum atomic E-state index is 10.9. The first-order chi connectivity index (χ1) is 9.74. The van der Waals surface area contributed by atoms with Gasteiger partial charge >= 0.3 is 0 Å². The van der Waals surface area contributed by atoms with Crippen molar-refractivity contribution >= 4 is 38.0 Å². The van der Waals surface area contributed by atoms with Gasteiger partial charge in [0.15, 0.2) is 0 Å². The van der Waals surface area contributed by atoms with Crippen molar-refractivity contribution in [3.05, 3.63) is 58.0 Å². The molecule has 1 N–H and O–H groups in total. The van der Waals surface area contributed by atoms with E-state index in [1.807, 2.05) is 12.1 Å². The van der Waals surface area contributed by atoms with Crippen molar-refractivity contribution in [2.24, 2.45) is 0 Å². The van der Waals surface area contributed by atoms with Gasteiger partial charge in [0.2, 0.25) is 11.2 Å². The van der Waals surface area contributed by atoms with Crippen LogP contribution in [-0.2, 0) is 0 Å². The summed E-state index contributed by atoms with van der Waals surface area (Å²) < 4.78 is 1.20. The zero-order chi connectivity index (χ0) is 13.7. The van der Waals surface area contributed by atoms with Crippen molar-refractivity contribution in [3.8, 4) is 11.3 Å². The van der Waals surface area contributed by atoms with Gasteiger partial charge in [0, 0.05) is 28.3 Å². The van der Waals surface area contributed by atoms with Crippen LogP contribution in [0.3, 0.4) is 0 Å². The Bertz CT molecular complexity index is 945. The number of fused-ring (bicyclic) bond motifs is 5. The molecule has 4 nitrogen and oxygen atoms in total. The fourth-order valence-corrected chi connectivity index (χ4v) is 3.49. The molecule has 20 heavy (non-hydrogen) atoms. The number of rotatable bonds is 1. The van der Waals surface area contributed by atoms with Crippen molar-refractivity contribution in [1.29, 1.82) is 0 Å². The molecule has 0 radical (unpaired) electrons. The zero-order valence-electron chi connectivity index (χ0n) is 10.3. The molecule has 0 unspecified atom stereocenters. The highest BCUT2D eigenvalue weighted by Crippen LogP contribution is 2.37. The highest BCUT2D eigenvalue weighted by molar-refractivity contribution is 7.17. The van der Waals surface area contributed by atoms with Crippen LogP contribution in [0.5, 0.6) is 0 Å². The van der Waals surface area contributed by atoms with Gasteiger partial charge in [0.1, 0.15) is 0 Å². The molecular weight excluding hydrogens is 272 g/mol. The molecule has 0 spiro atoms. The van der Waals surface area contributed by atoms with Gasteiger partial charge in [-0.1, -0.05) is 12.1 Å². The highest BCUT2D eigenvalue weighted by Gasteiger charge is 2.23. The molecule has 0 saturated carbocycles. The summed E-state index contributed by atoms with van der Waals surface area (Å²) in [7, 11) is 0. The Hall–Kier alpha value is -2.53. The van der Waals surface area contributed by atoms with E-state index in [0.717, 1.165) is 27.5 Å². The SMILES string of the molecule is O=[N+]([O-])c1ccc2[nH+]c3c4ccccc4scc-3c2c1. The molecule has 96 valence electrons. The smallest absolute Gasteiger partial charge is 0.258 e. The van der Waals surface area contributed by atoms with E-state index in [-0.39, 0.29) is 10.6 Å². The summed E-state index contributed by atoms with van der Waals surface area (Å²) in [6, 6.07) is 13.1. The number of non-ortho nitro benzene ring substituents is 1. The Kier molecular flexibility index (Phi) is 2.25. The molecule has 5 heteroatoms. The second-order valence-corrected chi connectivity index (χ2v) is 5.54. The summed E-state index contributed by atoms with van der Waals surface area (Å²) in [6.07, 6.45) is 0. The molecule has 0 aromatic heterocycles. The van der Waals surface area contributed by atoms with Gasteiger partial charge in [-0.3, -0.25) is 10.1 Å². The molecule has 0 bridgehead atoms. The average molecular weight is 281 g/mol. The molecule has 0 amide bonds. The quantitative estimate of drug-likeness (QED) is 0.392. The Morgan fingerprint density at radius 2 is 1.95 bits per heavy atom. The molecule has 2 aromatic rings. The summed E-state index contributed by atoms with van der Waals surface area (Å²) in [5.41, 5.74) is 3.12. The number of aromatic nitrogens is 1. The first-order valence-corrected chi connectivity index (χ1v) is 7.01. The number of nitrogens with one attached hydrogen (secondary N) is 1. The van der Waals surface area contributed by atoms with Crippen LogP contribution in [0.2, 0.25) is 0 Å². The van der Waals surface area contributed by atoms with Crippen LogP contribution >= 0.6 is 11.3 Å². The number of nitro benzene ring substituents is 1. The Morgan fingerprint density at radius 1 is 1.10 bits per heavy atom. The molecule has 4 rings (SSSR count). The van der Waals surface area contributed by atoms with Gasteiger partial charge in [-0.2, -0.15) is 0 Å². The fraction of sp³-hybridized carbons (Fsp3) is 0. The molecule has 2 heterocycles. The summed E-state index contributed by atoms with van der Waals surface area (Å²) in [6.45, 7) is 0. The number of nitro groups is 1. The zero-order valence-corrected chi connectivity index (χ0v) is 11.1. The Balaban J connectivity index is 2.14. The van der Waals surface area contributed by atoms with Crippen LogP contribution in [-0.4, -0.2) is 4.92 Å². The molecule has 0 aliphatic carbocycles. The van der Waals surface area contributed by atoms with Gasteiger partial charge in [0.05, 0.1) is 21.3 Å². The van der Waals surface area contributed by atoms with Gasteiger partial charge in [-0.15, -0.1) is 11.3 Å². The van der Waals surface area contributed by atoms with E-state index in [9.17, 15) is 10.1 Å².